The van der Waals surface area contributed by atoms with Crippen LogP contribution in [0.25, 0.3) is 0 Å². The van der Waals surface area contributed by atoms with Crippen molar-refractivity contribution in [2.45, 2.75) is 25.3 Å². The summed E-state index contributed by atoms with van der Waals surface area (Å²) in [5.41, 5.74) is 1.53. The quantitative estimate of drug-likeness (QED) is 0.533. The van der Waals surface area contributed by atoms with Crippen molar-refractivity contribution in [1.29, 1.82) is 5.26 Å². The SMILES string of the molecule is N#Cc1ccc(N2CCCC2C(=O)OCCCOc2cncc(Cl)n2)cc1. The van der Waals surface area contributed by atoms with E-state index in [0.717, 1.165) is 25.1 Å². The van der Waals surface area contributed by atoms with Crippen LogP contribution in [-0.2, 0) is 9.53 Å². The molecule has 8 heteroatoms. The Balaban J connectivity index is 1.44. The first-order chi connectivity index (χ1) is 13.2. The number of anilines is 1. The fraction of sp³-hybridized carbons (Fsp3) is 0.368. The van der Waals surface area contributed by atoms with E-state index in [9.17, 15) is 4.79 Å². The van der Waals surface area contributed by atoms with Crippen LogP contribution in [0.5, 0.6) is 5.88 Å². The van der Waals surface area contributed by atoms with E-state index in [0.29, 0.717) is 24.5 Å². The van der Waals surface area contributed by atoms with Crippen LogP contribution >= 0.6 is 11.6 Å². The normalized spacial score (nSPS) is 16.0. The molecule has 3 rings (SSSR count). The lowest BCUT2D eigenvalue weighted by molar-refractivity contribution is -0.145. The molecule has 0 spiro atoms. The Bertz CT molecular complexity index is 822. The van der Waals surface area contributed by atoms with Gasteiger partial charge >= 0.3 is 5.97 Å². The third-order valence-corrected chi connectivity index (χ3v) is 4.40. The lowest BCUT2D eigenvalue weighted by atomic mass is 10.2. The number of nitrogens with zero attached hydrogens (tertiary/aromatic N) is 4. The number of carbonyl (C=O) groups is 1. The molecule has 0 N–H and O–H groups in total. The standard InChI is InChI=1S/C19H19ClN4O3/c20-17-12-22-13-18(23-17)26-9-2-10-27-19(25)16-3-1-8-24(16)15-6-4-14(11-21)5-7-15/h4-7,12-13,16H,1-3,8-10H2. The van der Waals surface area contributed by atoms with E-state index in [1.807, 2.05) is 17.0 Å². The molecule has 140 valence electrons. The van der Waals surface area contributed by atoms with Gasteiger partial charge < -0.3 is 14.4 Å². The molecule has 1 atom stereocenters. The number of aromatic nitrogens is 2. The molecule has 0 aliphatic carbocycles. The molecule has 2 aromatic rings. The molecule has 1 fully saturated rings. The monoisotopic (exact) mass is 386 g/mol. The van der Waals surface area contributed by atoms with Gasteiger partial charge in [0.1, 0.15) is 6.04 Å². The highest BCUT2D eigenvalue weighted by Gasteiger charge is 2.32. The number of nitriles is 1. The van der Waals surface area contributed by atoms with Gasteiger partial charge in [0.05, 0.1) is 37.2 Å². The van der Waals surface area contributed by atoms with E-state index in [2.05, 4.69) is 16.0 Å². The second kappa shape index (κ2) is 9.19. The molecule has 1 aliphatic heterocycles. The molecule has 0 saturated carbocycles. The molecule has 27 heavy (non-hydrogen) atoms. The second-order valence-corrected chi connectivity index (χ2v) is 6.45. The molecular weight excluding hydrogens is 368 g/mol. The van der Waals surface area contributed by atoms with Crippen LogP contribution in [0.4, 0.5) is 5.69 Å². The van der Waals surface area contributed by atoms with Gasteiger partial charge in [-0.05, 0) is 37.1 Å². The summed E-state index contributed by atoms with van der Waals surface area (Å²) in [5, 5.41) is 9.17. The van der Waals surface area contributed by atoms with Crippen LogP contribution in [0.1, 0.15) is 24.8 Å². The van der Waals surface area contributed by atoms with Gasteiger partial charge in [0.25, 0.3) is 0 Å². The predicted molar refractivity (Wildman–Crippen MR) is 99.6 cm³/mol. The minimum absolute atomic E-state index is 0.237. The van der Waals surface area contributed by atoms with E-state index in [4.69, 9.17) is 26.3 Å². The van der Waals surface area contributed by atoms with Gasteiger partial charge in [-0.3, -0.25) is 4.98 Å². The summed E-state index contributed by atoms with van der Waals surface area (Å²) in [7, 11) is 0. The summed E-state index contributed by atoms with van der Waals surface area (Å²) in [6, 6.07) is 9.04. The van der Waals surface area contributed by atoms with Crippen molar-refractivity contribution in [2.75, 3.05) is 24.7 Å². The van der Waals surface area contributed by atoms with E-state index in [1.165, 1.54) is 12.4 Å². The van der Waals surface area contributed by atoms with Gasteiger partial charge in [0.2, 0.25) is 5.88 Å². The molecule has 7 nitrogen and oxygen atoms in total. The first-order valence-corrected chi connectivity index (χ1v) is 9.09. The molecule has 1 saturated heterocycles. The fourth-order valence-corrected chi connectivity index (χ4v) is 3.09. The van der Waals surface area contributed by atoms with Crippen LogP contribution in [0.3, 0.4) is 0 Å². The molecule has 0 bridgehead atoms. The molecular formula is C19H19ClN4O3. The summed E-state index contributed by atoms with van der Waals surface area (Å²) < 4.78 is 10.8. The zero-order chi connectivity index (χ0) is 19.1. The maximum Gasteiger partial charge on any atom is 0.328 e. The third kappa shape index (κ3) is 5.08. The Morgan fingerprint density at radius 2 is 2.11 bits per heavy atom. The molecule has 0 amide bonds. The van der Waals surface area contributed by atoms with Crippen molar-refractivity contribution in [3.8, 4) is 11.9 Å². The number of benzene rings is 1. The Morgan fingerprint density at radius 3 is 2.85 bits per heavy atom. The summed E-state index contributed by atoms with van der Waals surface area (Å²) >= 11 is 5.74. The largest absolute Gasteiger partial charge is 0.476 e. The number of carbonyl (C=O) groups excluding carboxylic acids is 1. The number of rotatable bonds is 7. The van der Waals surface area contributed by atoms with E-state index in [1.54, 1.807) is 12.1 Å². The second-order valence-electron chi connectivity index (χ2n) is 6.06. The number of hydrogen-bond donors (Lipinski definition) is 0. The summed E-state index contributed by atoms with van der Waals surface area (Å²) in [6.45, 7) is 1.42. The Labute approximate surface area is 162 Å². The van der Waals surface area contributed by atoms with E-state index >= 15 is 0 Å². The van der Waals surface area contributed by atoms with Gasteiger partial charge in [-0.15, -0.1) is 0 Å². The van der Waals surface area contributed by atoms with E-state index in [-0.39, 0.29) is 23.8 Å². The first-order valence-electron chi connectivity index (χ1n) is 8.71. The zero-order valence-corrected chi connectivity index (χ0v) is 15.4. The highest BCUT2D eigenvalue weighted by atomic mass is 35.5. The Hall–Kier alpha value is -2.85. The van der Waals surface area contributed by atoms with Crippen LogP contribution in [0.15, 0.2) is 36.7 Å². The van der Waals surface area contributed by atoms with Crippen molar-refractivity contribution < 1.29 is 14.3 Å². The maximum atomic E-state index is 12.4. The van der Waals surface area contributed by atoms with Crippen LogP contribution in [0, 0.1) is 11.3 Å². The fourth-order valence-electron chi connectivity index (χ4n) is 2.95. The first kappa shape index (κ1) is 18.9. The third-order valence-electron chi connectivity index (χ3n) is 4.22. The average Bonchev–Trinajstić information content (AvgIpc) is 3.18. The lowest BCUT2D eigenvalue weighted by Gasteiger charge is -2.25. The summed E-state index contributed by atoms with van der Waals surface area (Å²) in [5.74, 6) is 0.107. The molecule has 1 unspecified atom stereocenters. The van der Waals surface area contributed by atoms with Crippen molar-refractivity contribution in [2.24, 2.45) is 0 Å². The topological polar surface area (TPSA) is 88.3 Å². The number of hydrogen-bond acceptors (Lipinski definition) is 7. The molecule has 0 radical (unpaired) electrons. The molecule has 1 aromatic heterocycles. The average molecular weight is 387 g/mol. The minimum atomic E-state index is -0.294. The number of halogens is 1. The smallest absolute Gasteiger partial charge is 0.328 e. The van der Waals surface area contributed by atoms with Gasteiger partial charge in [-0.2, -0.15) is 10.2 Å². The van der Waals surface area contributed by atoms with Crippen molar-refractivity contribution in [3.63, 3.8) is 0 Å². The molecule has 1 aliphatic rings. The van der Waals surface area contributed by atoms with Crippen molar-refractivity contribution in [1.82, 2.24) is 9.97 Å². The van der Waals surface area contributed by atoms with Gasteiger partial charge in [0.15, 0.2) is 5.15 Å². The van der Waals surface area contributed by atoms with Gasteiger partial charge in [-0.25, -0.2) is 4.79 Å². The highest BCUT2D eigenvalue weighted by Crippen LogP contribution is 2.26. The lowest BCUT2D eigenvalue weighted by Crippen LogP contribution is -2.37. The minimum Gasteiger partial charge on any atom is -0.476 e. The van der Waals surface area contributed by atoms with Crippen LogP contribution in [0.2, 0.25) is 5.15 Å². The highest BCUT2D eigenvalue weighted by molar-refractivity contribution is 6.29. The van der Waals surface area contributed by atoms with Crippen LogP contribution < -0.4 is 9.64 Å². The number of esters is 1. The predicted octanol–water partition coefficient (Wildman–Crippen LogP) is 2.98. The summed E-state index contributed by atoms with van der Waals surface area (Å²) in [4.78, 5) is 22.3. The molecule has 2 heterocycles. The van der Waals surface area contributed by atoms with Crippen LogP contribution in [-0.4, -0.2) is 41.7 Å². The Morgan fingerprint density at radius 1 is 1.30 bits per heavy atom. The van der Waals surface area contributed by atoms with Crippen molar-refractivity contribution in [3.05, 3.63) is 47.4 Å². The van der Waals surface area contributed by atoms with Gasteiger partial charge in [0, 0.05) is 18.7 Å². The zero-order valence-electron chi connectivity index (χ0n) is 14.7. The number of ether oxygens (including phenoxy) is 2. The van der Waals surface area contributed by atoms with Gasteiger partial charge in [-0.1, -0.05) is 11.6 Å². The Kier molecular flexibility index (Phi) is 6.44. The molecule has 1 aromatic carbocycles. The maximum absolute atomic E-state index is 12.4. The summed E-state index contributed by atoms with van der Waals surface area (Å²) in [6.07, 6.45) is 5.14. The van der Waals surface area contributed by atoms with E-state index < -0.39 is 0 Å². The van der Waals surface area contributed by atoms with Crippen molar-refractivity contribution >= 4 is 23.3 Å².